The summed E-state index contributed by atoms with van der Waals surface area (Å²) in [6.45, 7) is 1.21. The molecule has 1 atom stereocenters. The molecule has 2 rings (SSSR count). The molecule has 0 saturated carbocycles. The number of hydrogen-bond acceptors (Lipinski definition) is 3. The second-order valence-corrected chi connectivity index (χ2v) is 4.90. The zero-order chi connectivity index (χ0) is 11.4. The number of nitriles is 1. The third kappa shape index (κ3) is 2.55. The minimum atomic E-state index is -0.563. The van der Waals surface area contributed by atoms with E-state index in [1.165, 1.54) is 0 Å². The lowest BCUT2D eigenvalue weighted by molar-refractivity contribution is 0.0667. The number of nitrogens with zero attached hydrogens (tertiary/aromatic N) is 1. The lowest BCUT2D eigenvalue weighted by atomic mass is 9.94. The smallest absolute Gasteiger partial charge is 0.149 e. The molecular formula is C12H13BrN2O. The van der Waals surface area contributed by atoms with Gasteiger partial charge in [-0.15, -0.1) is 0 Å². The van der Waals surface area contributed by atoms with E-state index < -0.39 is 5.54 Å². The summed E-state index contributed by atoms with van der Waals surface area (Å²) in [5, 5.41) is 12.5. The van der Waals surface area contributed by atoms with Gasteiger partial charge in [-0.1, -0.05) is 15.9 Å². The first-order valence-electron chi connectivity index (χ1n) is 5.27. The fraction of sp³-hybridized carbons (Fsp3) is 0.417. The predicted octanol–water partition coefficient (Wildman–Crippen LogP) is 2.93. The Labute approximate surface area is 104 Å². The van der Waals surface area contributed by atoms with Gasteiger partial charge in [0.25, 0.3) is 0 Å². The van der Waals surface area contributed by atoms with Gasteiger partial charge in [-0.3, -0.25) is 0 Å². The number of rotatable bonds is 2. The number of nitrogens with one attached hydrogen (secondary N) is 1. The highest BCUT2D eigenvalue weighted by Gasteiger charge is 2.32. The maximum Gasteiger partial charge on any atom is 0.149 e. The molecule has 0 amide bonds. The van der Waals surface area contributed by atoms with Gasteiger partial charge in [0.2, 0.25) is 0 Å². The summed E-state index contributed by atoms with van der Waals surface area (Å²) in [6, 6.07) is 10.2. The minimum Gasteiger partial charge on any atom is -0.378 e. The van der Waals surface area contributed by atoms with Crippen molar-refractivity contribution in [1.82, 2.24) is 0 Å². The van der Waals surface area contributed by atoms with Crippen LogP contribution in [0.1, 0.15) is 12.8 Å². The molecule has 1 fully saturated rings. The predicted molar refractivity (Wildman–Crippen MR) is 66.2 cm³/mol. The summed E-state index contributed by atoms with van der Waals surface area (Å²) in [7, 11) is 0. The van der Waals surface area contributed by atoms with Crippen LogP contribution in [0, 0.1) is 11.3 Å². The second kappa shape index (κ2) is 4.86. The van der Waals surface area contributed by atoms with Crippen molar-refractivity contribution in [3.8, 4) is 6.07 Å². The normalized spacial score (nSPS) is 24.8. The monoisotopic (exact) mass is 280 g/mol. The summed E-state index contributed by atoms with van der Waals surface area (Å²) < 4.78 is 6.41. The molecule has 1 aromatic rings. The zero-order valence-corrected chi connectivity index (χ0v) is 10.5. The van der Waals surface area contributed by atoms with Gasteiger partial charge >= 0.3 is 0 Å². The van der Waals surface area contributed by atoms with Crippen molar-refractivity contribution in [2.24, 2.45) is 0 Å². The molecule has 0 spiro atoms. The van der Waals surface area contributed by atoms with Gasteiger partial charge in [0.05, 0.1) is 12.7 Å². The van der Waals surface area contributed by atoms with Crippen LogP contribution in [0.4, 0.5) is 5.69 Å². The third-order valence-corrected chi connectivity index (χ3v) is 3.21. The molecule has 0 radical (unpaired) electrons. The highest BCUT2D eigenvalue weighted by atomic mass is 79.9. The van der Waals surface area contributed by atoms with E-state index in [2.05, 4.69) is 27.3 Å². The Bertz CT molecular complexity index is 390. The molecule has 1 aromatic carbocycles. The number of anilines is 1. The van der Waals surface area contributed by atoms with Gasteiger partial charge < -0.3 is 10.1 Å². The number of benzene rings is 1. The topological polar surface area (TPSA) is 45.0 Å². The molecule has 3 nitrogen and oxygen atoms in total. The van der Waals surface area contributed by atoms with Crippen LogP contribution in [-0.2, 0) is 4.74 Å². The molecule has 1 unspecified atom stereocenters. The van der Waals surface area contributed by atoms with Crippen LogP contribution >= 0.6 is 15.9 Å². The summed E-state index contributed by atoms with van der Waals surface area (Å²) in [5.74, 6) is 0. The molecular weight excluding hydrogens is 268 g/mol. The van der Waals surface area contributed by atoms with Crippen molar-refractivity contribution in [1.29, 1.82) is 5.26 Å². The maximum atomic E-state index is 9.26. The Morgan fingerprint density at radius 2 is 2.12 bits per heavy atom. The Morgan fingerprint density at radius 1 is 1.38 bits per heavy atom. The van der Waals surface area contributed by atoms with Crippen LogP contribution < -0.4 is 5.32 Å². The molecule has 16 heavy (non-hydrogen) atoms. The summed E-state index contributed by atoms with van der Waals surface area (Å²) in [6.07, 6.45) is 1.76. The van der Waals surface area contributed by atoms with E-state index >= 15 is 0 Å². The van der Waals surface area contributed by atoms with Crippen LogP contribution in [0.2, 0.25) is 0 Å². The minimum absolute atomic E-state index is 0.458. The summed E-state index contributed by atoms with van der Waals surface area (Å²) in [4.78, 5) is 0. The van der Waals surface area contributed by atoms with Crippen molar-refractivity contribution >= 4 is 21.6 Å². The van der Waals surface area contributed by atoms with Gasteiger partial charge in [0.15, 0.2) is 0 Å². The second-order valence-electron chi connectivity index (χ2n) is 3.98. The quantitative estimate of drug-likeness (QED) is 0.906. The standard InChI is InChI=1S/C12H13BrN2O/c13-10-2-4-11(5-3-10)15-12(8-14)6-1-7-16-9-12/h2-5,15H,1,6-7,9H2. The van der Waals surface area contributed by atoms with Crippen LogP contribution in [0.5, 0.6) is 0 Å². The van der Waals surface area contributed by atoms with E-state index in [-0.39, 0.29) is 0 Å². The molecule has 4 heteroatoms. The number of hydrogen-bond donors (Lipinski definition) is 1. The first-order chi connectivity index (χ1) is 7.74. The largest absolute Gasteiger partial charge is 0.378 e. The summed E-state index contributed by atoms with van der Waals surface area (Å²) in [5.41, 5.74) is 0.391. The molecule has 1 aliphatic rings. The van der Waals surface area contributed by atoms with Gasteiger partial charge in [-0.05, 0) is 37.1 Å². The van der Waals surface area contributed by atoms with Gasteiger partial charge in [0, 0.05) is 16.8 Å². The van der Waals surface area contributed by atoms with Crippen LogP contribution in [0.15, 0.2) is 28.7 Å². The highest BCUT2D eigenvalue weighted by molar-refractivity contribution is 9.10. The fourth-order valence-corrected chi connectivity index (χ4v) is 2.08. The average Bonchev–Trinajstić information content (AvgIpc) is 2.33. The SMILES string of the molecule is N#CC1(Nc2ccc(Br)cc2)CCCOC1. The van der Waals surface area contributed by atoms with Crippen molar-refractivity contribution in [3.63, 3.8) is 0 Å². The highest BCUT2D eigenvalue weighted by Crippen LogP contribution is 2.24. The van der Waals surface area contributed by atoms with E-state index in [4.69, 9.17) is 4.74 Å². The molecule has 1 N–H and O–H groups in total. The molecule has 0 aliphatic carbocycles. The lowest BCUT2D eigenvalue weighted by Crippen LogP contribution is -2.44. The molecule has 0 bridgehead atoms. The molecule has 1 aliphatic heterocycles. The zero-order valence-electron chi connectivity index (χ0n) is 8.87. The lowest BCUT2D eigenvalue weighted by Gasteiger charge is -2.32. The molecule has 84 valence electrons. The third-order valence-electron chi connectivity index (χ3n) is 2.68. The Morgan fingerprint density at radius 3 is 2.69 bits per heavy atom. The van der Waals surface area contributed by atoms with Gasteiger partial charge in [-0.2, -0.15) is 5.26 Å². The first-order valence-corrected chi connectivity index (χ1v) is 6.06. The Hall–Kier alpha value is -1.05. The van der Waals surface area contributed by atoms with Crippen molar-refractivity contribution in [2.45, 2.75) is 18.4 Å². The van der Waals surface area contributed by atoms with Gasteiger partial charge in [-0.25, -0.2) is 0 Å². The number of halogens is 1. The van der Waals surface area contributed by atoms with E-state index in [1.54, 1.807) is 0 Å². The van der Waals surface area contributed by atoms with Gasteiger partial charge in [0.1, 0.15) is 5.54 Å². The van der Waals surface area contributed by atoms with Crippen molar-refractivity contribution in [2.75, 3.05) is 18.5 Å². The maximum absolute atomic E-state index is 9.26. The van der Waals surface area contributed by atoms with Crippen molar-refractivity contribution in [3.05, 3.63) is 28.7 Å². The van der Waals surface area contributed by atoms with Crippen LogP contribution in [0.25, 0.3) is 0 Å². The number of ether oxygens (including phenoxy) is 1. The van der Waals surface area contributed by atoms with Crippen molar-refractivity contribution < 1.29 is 4.74 Å². The fourth-order valence-electron chi connectivity index (χ4n) is 1.82. The van der Waals surface area contributed by atoms with E-state index in [0.717, 1.165) is 29.6 Å². The van der Waals surface area contributed by atoms with Crippen LogP contribution in [-0.4, -0.2) is 18.8 Å². The first kappa shape index (κ1) is 11.4. The molecule has 1 heterocycles. The van der Waals surface area contributed by atoms with Crippen LogP contribution in [0.3, 0.4) is 0 Å². The van der Waals surface area contributed by atoms with E-state index in [0.29, 0.717) is 6.61 Å². The molecule has 0 aromatic heterocycles. The van der Waals surface area contributed by atoms with E-state index in [1.807, 2.05) is 24.3 Å². The molecule has 1 saturated heterocycles. The average molecular weight is 281 g/mol. The Balaban J connectivity index is 2.12. The van der Waals surface area contributed by atoms with E-state index in [9.17, 15) is 5.26 Å². The Kier molecular flexibility index (Phi) is 3.47. The summed E-state index contributed by atoms with van der Waals surface area (Å²) >= 11 is 3.38.